The molecule has 0 aliphatic carbocycles. The van der Waals surface area contributed by atoms with Crippen LogP contribution in [0, 0.1) is 5.82 Å². The lowest BCUT2D eigenvalue weighted by Crippen LogP contribution is -2.39. The molecule has 1 aromatic carbocycles. The number of aliphatic imine (C=N–C) groups is 1. The van der Waals surface area contributed by atoms with E-state index in [1.54, 1.807) is 6.07 Å². The number of ether oxygens (including phenoxy) is 2. The summed E-state index contributed by atoms with van der Waals surface area (Å²) in [5.74, 6) is 1.76. The molecule has 158 valence electrons. The zero-order valence-corrected chi connectivity index (χ0v) is 16.8. The van der Waals surface area contributed by atoms with Crippen molar-refractivity contribution in [3.05, 3.63) is 46.3 Å². The van der Waals surface area contributed by atoms with E-state index in [1.165, 1.54) is 13.2 Å². The highest BCUT2D eigenvalue weighted by atomic mass is 19.1. The number of methoxy groups -OCH3 is 1. The molecule has 0 aromatic heterocycles. The number of carbonyl (C=O) groups excluding carboxylic acids is 1. The normalized spacial score (nSPS) is 23.3. The number of fused-ring (bicyclic) bond motifs is 4. The standard InChI is InChI=1S/C20H23FN6O3/c1-10-8-30-9-11-5-15(16(29-2)6-14(11)21)25-17-12-3-4-22-18(12)27-19(26-17)13(7-23-27)20(28)24-10/h5-6,10,22-23H,3-4,7-9H2,1-2H3,(H,24,28)(H,25,26). The van der Waals surface area contributed by atoms with Crippen LogP contribution in [0.5, 0.6) is 5.75 Å². The fourth-order valence-corrected chi connectivity index (χ4v) is 3.99. The van der Waals surface area contributed by atoms with Crippen molar-refractivity contribution in [2.45, 2.75) is 26.0 Å². The van der Waals surface area contributed by atoms with Crippen LogP contribution in [-0.2, 0) is 16.1 Å². The number of nitrogens with zero attached hydrogens (tertiary/aromatic N) is 2. The Balaban J connectivity index is 1.64. The molecule has 4 heterocycles. The lowest BCUT2D eigenvalue weighted by Gasteiger charge is -2.28. The second-order valence-electron chi connectivity index (χ2n) is 7.60. The Morgan fingerprint density at radius 3 is 3.03 bits per heavy atom. The number of hydrogen-bond donors (Lipinski definition) is 4. The Morgan fingerprint density at radius 2 is 2.20 bits per heavy atom. The molecular weight excluding hydrogens is 391 g/mol. The number of anilines is 1. The number of halogens is 1. The van der Waals surface area contributed by atoms with E-state index in [0.29, 0.717) is 40.8 Å². The van der Waals surface area contributed by atoms with Gasteiger partial charge in [-0.2, -0.15) is 0 Å². The number of benzene rings is 1. The molecule has 0 fully saturated rings. The lowest BCUT2D eigenvalue weighted by molar-refractivity contribution is -0.118. The van der Waals surface area contributed by atoms with Crippen molar-refractivity contribution >= 4 is 17.4 Å². The highest BCUT2D eigenvalue weighted by molar-refractivity contribution is 6.11. The van der Waals surface area contributed by atoms with E-state index in [-0.39, 0.29) is 25.2 Å². The maximum atomic E-state index is 14.5. The van der Waals surface area contributed by atoms with Gasteiger partial charge in [0.25, 0.3) is 5.91 Å². The van der Waals surface area contributed by atoms with Gasteiger partial charge in [-0.05, 0) is 19.4 Å². The van der Waals surface area contributed by atoms with Crippen molar-refractivity contribution < 1.29 is 18.7 Å². The van der Waals surface area contributed by atoms with Gasteiger partial charge in [0.1, 0.15) is 23.2 Å². The molecule has 4 aliphatic rings. The van der Waals surface area contributed by atoms with E-state index in [9.17, 15) is 9.18 Å². The first-order chi connectivity index (χ1) is 14.5. The highest BCUT2D eigenvalue weighted by Crippen LogP contribution is 2.34. The first-order valence-electron chi connectivity index (χ1n) is 9.90. The lowest BCUT2D eigenvalue weighted by atomic mass is 10.1. The summed E-state index contributed by atoms with van der Waals surface area (Å²) in [6.45, 7) is 3.31. The molecule has 5 rings (SSSR count). The average Bonchev–Trinajstić information content (AvgIpc) is 3.36. The predicted molar refractivity (Wildman–Crippen MR) is 108 cm³/mol. The first-order valence-corrected chi connectivity index (χ1v) is 9.90. The van der Waals surface area contributed by atoms with Crippen molar-refractivity contribution in [3.63, 3.8) is 0 Å². The maximum absolute atomic E-state index is 14.5. The minimum atomic E-state index is -0.412. The number of nitrogens with one attached hydrogen (secondary N) is 4. The van der Waals surface area contributed by atoms with Crippen LogP contribution in [0.25, 0.3) is 0 Å². The summed E-state index contributed by atoms with van der Waals surface area (Å²) >= 11 is 0. The number of carbonyl (C=O) groups is 1. The Hall–Kier alpha value is -3.11. The Morgan fingerprint density at radius 1 is 1.33 bits per heavy atom. The summed E-state index contributed by atoms with van der Waals surface area (Å²) in [4.78, 5) is 17.6. The van der Waals surface area contributed by atoms with Crippen molar-refractivity contribution in [2.24, 2.45) is 4.99 Å². The van der Waals surface area contributed by atoms with E-state index in [4.69, 9.17) is 14.5 Å². The van der Waals surface area contributed by atoms with Crippen LogP contribution in [0.3, 0.4) is 0 Å². The molecule has 4 bridgehead atoms. The fourth-order valence-electron chi connectivity index (χ4n) is 3.99. The van der Waals surface area contributed by atoms with Crippen molar-refractivity contribution in [3.8, 4) is 5.75 Å². The zero-order valence-electron chi connectivity index (χ0n) is 16.8. The molecule has 1 amide bonds. The first kappa shape index (κ1) is 18.9. The third kappa shape index (κ3) is 3.08. The fraction of sp³-hybridized carbons (Fsp3) is 0.400. The monoisotopic (exact) mass is 414 g/mol. The third-order valence-electron chi connectivity index (χ3n) is 5.47. The largest absolute Gasteiger partial charge is 0.494 e. The Bertz CT molecular complexity index is 1020. The van der Waals surface area contributed by atoms with Crippen LogP contribution in [0.15, 0.2) is 39.9 Å². The molecule has 30 heavy (non-hydrogen) atoms. The second kappa shape index (κ2) is 7.29. The van der Waals surface area contributed by atoms with Gasteiger partial charge in [0.05, 0.1) is 31.6 Å². The van der Waals surface area contributed by atoms with E-state index >= 15 is 0 Å². The van der Waals surface area contributed by atoms with Gasteiger partial charge in [0, 0.05) is 36.3 Å². The predicted octanol–water partition coefficient (Wildman–Crippen LogP) is 0.930. The van der Waals surface area contributed by atoms with Crippen LogP contribution >= 0.6 is 0 Å². The highest BCUT2D eigenvalue weighted by Gasteiger charge is 2.37. The van der Waals surface area contributed by atoms with Gasteiger partial charge in [-0.25, -0.2) is 19.8 Å². The van der Waals surface area contributed by atoms with Crippen LogP contribution < -0.4 is 26.1 Å². The van der Waals surface area contributed by atoms with Gasteiger partial charge in [0.15, 0.2) is 5.82 Å². The van der Waals surface area contributed by atoms with Crippen molar-refractivity contribution in [1.82, 2.24) is 21.1 Å². The average molecular weight is 414 g/mol. The number of hydrazine groups is 1. The van der Waals surface area contributed by atoms with Crippen LogP contribution in [-0.4, -0.2) is 49.6 Å². The van der Waals surface area contributed by atoms with Crippen LogP contribution in [0.1, 0.15) is 18.9 Å². The smallest absolute Gasteiger partial charge is 0.252 e. The molecule has 9 nitrogen and oxygen atoms in total. The summed E-state index contributed by atoms with van der Waals surface area (Å²) in [5, 5.41) is 11.4. The quantitative estimate of drug-likeness (QED) is 0.543. The number of amides is 1. The molecule has 1 unspecified atom stereocenters. The Kier molecular flexibility index (Phi) is 4.59. The SMILES string of the molecule is COc1cc(F)c2cc1NC1=NC3=C(CNN3C3=C1CCN3)C(=O)NC(C)COC2. The van der Waals surface area contributed by atoms with E-state index in [2.05, 4.69) is 21.4 Å². The molecule has 10 heteroatoms. The molecule has 4 aliphatic heterocycles. The van der Waals surface area contributed by atoms with Crippen LogP contribution in [0.4, 0.5) is 10.1 Å². The molecular formula is C20H23FN6O3. The van der Waals surface area contributed by atoms with E-state index < -0.39 is 5.82 Å². The van der Waals surface area contributed by atoms with Crippen molar-refractivity contribution in [2.75, 3.05) is 32.1 Å². The van der Waals surface area contributed by atoms with Gasteiger partial charge in [-0.3, -0.25) is 4.79 Å². The molecule has 0 saturated heterocycles. The second-order valence-corrected chi connectivity index (χ2v) is 7.60. The number of rotatable bonds is 1. The number of hydrogen-bond acceptors (Lipinski definition) is 8. The molecule has 0 spiro atoms. The van der Waals surface area contributed by atoms with E-state index in [0.717, 1.165) is 24.4 Å². The summed E-state index contributed by atoms with van der Waals surface area (Å²) in [7, 11) is 1.49. The zero-order chi connectivity index (χ0) is 20.8. The third-order valence-corrected chi connectivity index (χ3v) is 5.47. The van der Waals surface area contributed by atoms with Gasteiger partial charge < -0.3 is 25.4 Å². The van der Waals surface area contributed by atoms with Gasteiger partial charge >= 0.3 is 0 Å². The van der Waals surface area contributed by atoms with E-state index in [1.807, 2.05) is 11.9 Å². The van der Waals surface area contributed by atoms with Gasteiger partial charge in [-0.15, -0.1) is 0 Å². The Labute approximate surface area is 173 Å². The summed E-state index contributed by atoms with van der Waals surface area (Å²) < 4.78 is 25.6. The summed E-state index contributed by atoms with van der Waals surface area (Å²) in [5.41, 5.74) is 5.74. The topological polar surface area (TPSA) is 99.3 Å². The van der Waals surface area contributed by atoms with Crippen LogP contribution in [0.2, 0.25) is 0 Å². The van der Waals surface area contributed by atoms with Crippen molar-refractivity contribution in [1.29, 1.82) is 0 Å². The van der Waals surface area contributed by atoms with Gasteiger partial charge in [-0.1, -0.05) is 0 Å². The minimum Gasteiger partial charge on any atom is -0.494 e. The van der Waals surface area contributed by atoms with Gasteiger partial charge in [0.2, 0.25) is 0 Å². The molecule has 0 radical (unpaired) electrons. The molecule has 1 aromatic rings. The summed E-state index contributed by atoms with van der Waals surface area (Å²) in [6.07, 6.45) is 0.769. The summed E-state index contributed by atoms with van der Waals surface area (Å²) in [6, 6.07) is 2.79. The molecule has 0 saturated carbocycles. The molecule has 4 N–H and O–H groups in total. The number of amidine groups is 1. The molecule has 1 atom stereocenters. The maximum Gasteiger partial charge on any atom is 0.252 e. The minimum absolute atomic E-state index is 0.0793.